The number of amides is 3. The van der Waals surface area contributed by atoms with Gasteiger partial charge in [-0.05, 0) is 121 Å². The van der Waals surface area contributed by atoms with E-state index in [2.05, 4.69) is 16.0 Å². The molecule has 0 atom stereocenters. The van der Waals surface area contributed by atoms with Gasteiger partial charge >= 0.3 is 18.3 Å². The van der Waals surface area contributed by atoms with Gasteiger partial charge in [-0.2, -0.15) is 0 Å². The number of nitrogens with zero attached hydrogens (tertiary/aromatic N) is 1. The summed E-state index contributed by atoms with van der Waals surface area (Å²) < 4.78 is 16.2. The zero-order chi connectivity index (χ0) is 34.8. The van der Waals surface area contributed by atoms with E-state index in [0.29, 0.717) is 31.7 Å². The number of rotatable bonds is 10. The lowest BCUT2D eigenvalue weighted by Gasteiger charge is -2.42. The maximum Gasteiger partial charge on any atom is 0.410 e. The molecule has 5 rings (SSSR count). The number of hydrogen-bond acceptors (Lipinski definition) is 7. The van der Waals surface area contributed by atoms with Crippen LogP contribution in [0.3, 0.4) is 0 Å². The quantitative estimate of drug-likeness (QED) is 0.222. The second kappa shape index (κ2) is 16.6. The van der Waals surface area contributed by atoms with Gasteiger partial charge < -0.3 is 35.1 Å². The maximum atomic E-state index is 12.5. The summed E-state index contributed by atoms with van der Waals surface area (Å²) in [4.78, 5) is 38.2. The zero-order valence-electron chi connectivity index (χ0n) is 30.5. The second-order valence-electron chi connectivity index (χ2n) is 16.8. The first-order valence-electron chi connectivity index (χ1n) is 18.2. The van der Waals surface area contributed by atoms with Crippen molar-refractivity contribution in [3.8, 4) is 0 Å². The van der Waals surface area contributed by atoms with Crippen molar-refractivity contribution in [2.45, 2.75) is 124 Å². The second-order valence-corrected chi connectivity index (χ2v) is 16.8. The fourth-order valence-electron chi connectivity index (χ4n) is 6.85. The molecule has 2 aliphatic carbocycles. The molecule has 10 heteroatoms. The highest BCUT2D eigenvalue weighted by molar-refractivity contribution is 5.68. The lowest BCUT2D eigenvalue weighted by Crippen LogP contribution is -2.48. The summed E-state index contributed by atoms with van der Waals surface area (Å²) in [6.07, 6.45) is 10.9. The minimum absolute atomic E-state index is 0.0360. The number of carbonyl (C=O) groups is 3. The molecule has 2 saturated heterocycles. The van der Waals surface area contributed by atoms with Gasteiger partial charge in [0.2, 0.25) is 0 Å². The zero-order valence-corrected chi connectivity index (χ0v) is 30.5. The van der Waals surface area contributed by atoms with Crippen LogP contribution in [0.1, 0.15) is 111 Å². The lowest BCUT2D eigenvalue weighted by atomic mass is 9.74. The smallest absolute Gasteiger partial charge is 0.410 e. The normalized spacial score (nSPS) is 20.4. The third-order valence-corrected chi connectivity index (χ3v) is 9.80. The summed E-state index contributed by atoms with van der Waals surface area (Å²) in [5, 5.41) is 9.39. The molecule has 0 radical (unpaired) electrons. The number of carbonyl (C=O) groups excluding carboxylic acids is 3. The molecule has 4 fully saturated rings. The Morgan fingerprint density at radius 3 is 1.65 bits per heavy atom. The van der Waals surface area contributed by atoms with Gasteiger partial charge in [-0.3, -0.25) is 0 Å². The number of piperidine rings is 2. The number of likely N-dealkylation sites (tertiary alicyclic amines) is 1. The molecule has 0 bridgehead atoms. The SMILES string of the molecule is CC(C)(C)OC(=O)NCC1(CC2CC2)CCN(C(=O)OCc2ccccc2)CC1.CC(C)(C)OC(=O)NCC1(CC2CC2)CCNCC1. The minimum Gasteiger partial charge on any atom is -0.445 e. The van der Waals surface area contributed by atoms with Gasteiger partial charge in [0, 0.05) is 26.2 Å². The lowest BCUT2D eigenvalue weighted by molar-refractivity contribution is 0.0383. The Morgan fingerprint density at radius 1 is 0.750 bits per heavy atom. The first kappa shape index (κ1) is 37.8. The van der Waals surface area contributed by atoms with Crippen LogP contribution in [0.25, 0.3) is 0 Å². The molecule has 1 aromatic carbocycles. The largest absolute Gasteiger partial charge is 0.445 e. The van der Waals surface area contributed by atoms with E-state index < -0.39 is 11.2 Å². The highest BCUT2D eigenvalue weighted by atomic mass is 16.6. The van der Waals surface area contributed by atoms with E-state index in [-0.39, 0.29) is 23.7 Å². The fourth-order valence-corrected chi connectivity index (χ4v) is 6.85. The number of alkyl carbamates (subject to hydrolysis) is 2. The van der Waals surface area contributed by atoms with Crippen LogP contribution in [-0.4, -0.2) is 73.7 Å². The Hall–Kier alpha value is -3.01. The standard InChI is InChI=1S/C23H34N2O4.C15H28N2O2/c1-22(2,3)29-20(26)24-17-23(15-18-9-10-18)11-13-25(14-12-23)21(27)28-16-19-7-5-4-6-8-19;1-14(2,3)19-13(18)17-11-15(10-12-4-5-12)6-8-16-9-7-15/h4-8,18H,9-17H2,1-3H3,(H,24,26);12,16H,4-11H2,1-3H3,(H,17,18). The van der Waals surface area contributed by atoms with Gasteiger partial charge in [0.15, 0.2) is 0 Å². The Labute approximate surface area is 288 Å². The molecule has 1 aromatic rings. The van der Waals surface area contributed by atoms with Crippen LogP contribution in [0.15, 0.2) is 30.3 Å². The molecule has 0 unspecified atom stereocenters. The summed E-state index contributed by atoms with van der Waals surface area (Å²) in [6.45, 7) is 16.4. The highest BCUT2D eigenvalue weighted by Crippen LogP contribution is 2.46. The molecule has 48 heavy (non-hydrogen) atoms. The van der Waals surface area contributed by atoms with Crippen molar-refractivity contribution in [1.29, 1.82) is 0 Å². The van der Waals surface area contributed by atoms with Crippen LogP contribution >= 0.6 is 0 Å². The fraction of sp³-hybridized carbons (Fsp3) is 0.763. The number of benzene rings is 1. The Balaban J connectivity index is 0.000000237. The molecule has 0 aromatic heterocycles. The predicted octanol–water partition coefficient (Wildman–Crippen LogP) is 7.41. The Kier molecular flexibility index (Phi) is 13.1. The number of hydrogen-bond donors (Lipinski definition) is 3. The molecule has 3 N–H and O–H groups in total. The van der Waals surface area contributed by atoms with E-state index >= 15 is 0 Å². The average molecular weight is 671 g/mol. The molecule has 3 amide bonds. The van der Waals surface area contributed by atoms with Crippen molar-refractivity contribution >= 4 is 18.3 Å². The Bertz CT molecular complexity index is 1170. The molecule has 2 saturated carbocycles. The van der Waals surface area contributed by atoms with Crippen LogP contribution in [-0.2, 0) is 20.8 Å². The Morgan fingerprint density at radius 2 is 1.21 bits per heavy atom. The van der Waals surface area contributed by atoms with E-state index in [0.717, 1.165) is 56.3 Å². The third-order valence-electron chi connectivity index (χ3n) is 9.80. The first-order chi connectivity index (χ1) is 22.6. The van der Waals surface area contributed by atoms with E-state index in [1.807, 2.05) is 71.9 Å². The van der Waals surface area contributed by atoms with Crippen molar-refractivity contribution in [2.75, 3.05) is 39.3 Å². The van der Waals surface area contributed by atoms with Gasteiger partial charge in [0.25, 0.3) is 0 Å². The van der Waals surface area contributed by atoms with E-state index in [4.69, 9.17) is 14.2 Å². The first-order valence-corrected chi connectivity index (χ1v) is 18.2. The van der Waals surface area contributed by atoms with Gasteiger partial charge in [-0.25, -0.2) is 14.4 Å². The third kappa shape index (κ3) is 13.8. The maximum absolute atomic E-state index is 12.5. The number of ether oxygens (including phenoxy) is 3. The molecular weight excluding hydrogens is 608 g/mol. The van der Waals surface area contributed by atoms with Crippen molar-refractivity contribution in [1.82, 2.24) is 20.9 Å². The minimum atomic E-state index is -0.500. The molecule has 4 aliphatic rings. The molecule has 2 aliphatic heterocycles. The monoisotopic (exact) mass is 670 g/mol. The summed E-state index contributed by atoms with van der Waals surface area (Å²) in [5.74, 6) is 1.66. The highest BCUT2D eigenvalue weighted by Gasteiger charge is 2.41. The van der Waals surface area contributed by atoms with Crippen molar-refractivity contribution in [3.05, 3.63) is 35.9 Å². The molecule has 270 valence electrons. The van der Waals surface area contributed by atoms with Gasteiger partial charge in [0.1, 0.15) is 17.8 Å². The summed E-state index contributed by atoms with van der Waals surface area (Å²) in [5.41, 5.74) is 0.404. The number of nitrogens with one attached hydrogen (secondary N) is 3. The van der Waals surface area contributed by atoms with Crippen LogP contribution in [0.5, 0.6) is 0 Å². The topological polar surface area (TPSA) is 118 Å². The summed E-state index contributed by atoms with van der Waals surface area (Å²) >= 11 is 0. The van der Waals surface area contributed by atoms with Crippen molar-refractivity contribution < 1.29 is 28.6 Å². The molecular formula is C38H62N4O6. The van der Waals surface area contributed by atoms with Crippen LogP contribution < -0.4 is 16.0 Å². The summed E-state index contributed by atoms with van der Waals surface area (Å²) in [6, 6.07) is 9.72. The molecule has 2 heterocycles. The van der Waals surface area contributed by atoms with Crippen molar-refractivity contribution in [2.24, 2.45) is 22.7 Å². The van der Waals surface area contributed by atoms with Gasteiger partial charge in [-0.1, -0.05) is 56.0 Å². The predicted molar refractivity (Wildman–Crippen MR) is 188 cm³/mol. The van der Waals surface area contributed by atoms with Crippen LogP contribution in [0, 0.1) is 22.7 Å². The van der Waals surface area contributed by atoms with E-state index in [1.54, 1.807) is 4.90 Å². The average Bonchev–Trinajstić information content (AvgIpc) is 3.97. The van der Waals surface area contributed by atoms with E-state index in [1.165, 1.54) is 44.9 Å². The van der Waals surface area contributed by atoms with Crippen LogP contribution in [0.2, 0.25) is 0 Å². The van der Waals surface area contributed by atoms with Gasteiger partial charge in [0.05, 0.1) is 0 Å². The van der Waals surface area contributed by atoms with Crippen LogP contribution in [0.4, 0.5) is 14.4 Å². The molecule has 0 spiro atoms. The van der Waals surface area contributed by atoms with Crippen molar-refractivity contribution in [3.63, 3.8) is 0 Å². The van der Waals surface area contributed by atoms with E-state index in [9.17, 15) is 14.4 Å². The summed E-state index contributed by atoms with van der Waals surface area (Å²) in [7, 11) is 0. The molecule has 10 nitrogen and oxygen atoms in total. The van der Waals surface area contributed by atoms with Gasteiger partial charge in [-0.15, -0.1) is 0 Å².